The summed E-state index contributed by atoms with van der Waals surface area (Å²) < 4.78 is 5.92. The van der Waals surface area contributed by atoms with Crippen LogP contribution in [0, 0.1) is 11.3 Å². The van der Waals surface area contributed by atoms with Crippen molar-refractivity contribution in [2.75, 3.05) is 5.73 Å². The lowest BCUT2D eigenvalue weighted by Crippen LogP contribution is -2.00. The van der Waals surface area contributed by atoms with Crippen LogP contribution in [0.25, 0.3) is 22.4 Å². The second-order valence-corrected chi connectivity index (χ2v) is 6.11. The van der Waals surface area contributed by atoms with E-state index in [1.165, 1.54) is 0 Å². The summed E-state index contributed by atoms with van der Waals surface area (Å²) in [6.45, 7) is 0. The lowest BCUT2D eigenvalue weighted by Gasteiger charge is -2.12. The second-order valence-electron chi connectivity index (χ2n) is 6.11. The van der Waals surface area contributed by atoms with Crippen LogP contribution in [0.5, 0.6) is 11.5 Å². The Hall–Kier alpha value is -4.17. The Kier molecular flexibility index (Phi) is 4.68. The molecule has 0 aliphatic heterocycles. The van der Waals surface area contributed by atoms with Gasteiger partial charge in [0.15, 0.2) is 0 Å². The zero-order chi connectivity index (χ0) is 19.3. The summed E-state index contributed by atoms with van der Waals surface area (Å²) in [7, 11) is 0. The number of nitrogen functional groups attached to an aromatic ring is 1. The topological polar surface area (TPSA) is 84.8 Å². The first kappa shape index (κ1) is 17.3. The molecule has 2 heterocycles. The molecule has 0 radical (unpaired) electrons. The molecule has 4 rings (SSSR count). The molecule has 5 heteroatoms. The van der Waals surface area contributed by atoms with E-state index in [0.29, 0.717) is 22.6 Å². The fraction of sp³-hybridized carbons (Fsp3) is 0. The van der Waals surface area contributed by atoms with E-state index >= 15 is 0 Å². The highest BCUT2D eigenvalue weighted by Crippen LogP contribution is 2.33. The molecule has 0 amide bonds. The van der Waals surface area contributed by atoms with E-state index in [9.17, 15) is 5.26 Å². The minimum absolute atomic E-state index is 0.196. The summed E-state index contributed by atoms with van der Waals surface area (Å²) in [6, 6.07) is 24.8. The number of aromatic nitrogens is 2. The molecular weight excluding hydrogens is 348 g/mol. The highest BCUT2D eigenvalue weighted by atomic mass is 16.5. The number of hydrogen-bond acceptors (Lipinski definition) is 5. The predicted molar refractivity (Wildman–Crippen MR) is 109 cm³/mol. The highest BCUT2D eigenvalue weighted by Gasteiger charge is 2.14. The van der Waals surface area contributed by atoms with E-state index in [-0.39, 0.29) is 5.82 Å². The molecule has 2 aromatic carbocycles. The van der Waals surface area contributed by atoms with Crippen molar-refractivity contribution in [3.8, 4) is 40.0 Å². The molecular formula is C23H16N4O. The number of nitrogens with zero attached hydrogens (tertiary/aromatic N) is 3. The SMILES string of the molecule is N#Cc1c(-c2cccc(Oc3ccccc3)c2)cc(-c2ccncc2)nc1N. The summed E-state index contributed by atoms with van der Waals surface area (Å²) in [5.74, 6) is 1.61. The second kappa shape index (κ2) is 7.60. The molecule has 0 saturated carbocycles. The van der Waals surface area contributed by atoms with Crippen LogP contribution in [0.3, 0.4) is 0 Å². The van der Waals surface area contributed by atoms with Crippen LogP contribution >= 0.6 is 0 Å². The highest BCUT2D eigenvalue weighted by molar-refractivity contribution is 5.80. The third kappa shape index (κ3) is 3.53. The summed E-state index contributed by atoms with van der Waals surface area (Å²) in [5, 5.41) is 9.62. The van der Waals surface area contributed by atoms with Gasteiger partial charge in [0.25, 0.3) is 0 Å². The Morgan fingerprint density at radius 1 is 0.821 bits per heavy atom. The number of nitrogens with two attached hydrogens (primary N) is 1. The number of ether oxygens (including phenoxy) is 1. The van der Waals surface area contributed by atoms with E-state index in [2.05, 4.69) is 16.0 Å². The largest absolute Gasteiger partial charge is 0.457 e. The van der Waals surface area contributed by atoms with E-state index in [4.69, 9.17) is 10.5 Å². The van der Waals surface area contributed by atoms with Gasteiger partial charge in [-0.2, -0.15) is 5.26 Å². The number of pyridine rings is 2. The van der Waals surface area contributed by atoms with Crippen molar-refractivity contribution in [3.63, 3.8) is 0 Å². The van der Waals surface area contributed by atoms with E-state index in [1.54, 1.807) is 12.4 Å². The van der Waals surface area contributed by atoms with Gasteiger partial charge >= 0.3 is 0 Å². The fourth-order valence-electron chi connectivity index (χ4n) is 2.93. The van der Waals surface area contributed by atoms with Crippen molar-refractivity contribution < 1.29 is 4.74 Å². The van der Waals surface area contributed by atoms with Gasteiger partial charge in [-0.1, -0.05) is 30.3 Å². The van der Waals surface area contributed by atoms with Crippen molar-refractivity contribution in [3.05, 3.63) is 90.8 Å². The smallest absolute Gasteiger partial charge is 0.142 e. The standard InChI is InChI=1S/C23H16N4O/c24-15-21-20(14-22(27-23(21)25)16-9-11-26-12-10-16)17-5-4-8-19(13-17)28-18-6-2-1-3-7-18/h1-14H,(H2,25,27). The zero-order valence-corrected chi connectivity index (χ0v) is 14.9. The average Bonchev–Trinajstić information content (AvgIpc) is 2.75. The van der Waals surface area contributed by atoms with Crippen LogP contribution < -0.4 is 10.5 Å². The predicted octanol–water partition coefficient (Wildman–Crippen LogP) is 5.06. The first-order chi connectivity index (χ1) is 13.7. The maximum atomic E-state index is 9.62. The normalized spacial score (nSPS) is 10.2. The Balaban J connectivity index is 1.79. The number of rotatable bonds is 4. The molecule has 2 aromatic heterocycles. The number of nitriles is 1. The van der Waals surface area contributed by atoms with Gasteiger partial charge in [-0.25, -0.2) is 4.98 Å². The Morgan fingerprint density at radius 3 is 2.32 bits per heavy atom. The lowest BCUT2D eigenvalue weighted by molar-refractivity contribution is 0.483. The van der Waals surface area contributed by atoms with Crippen molar-refractivity contribution >= 4 is 5.82 Å². The Bertz CT molecular complexity index is 1150. The molecule has 2 N–H and O–H groups in total. The van der Waals surface area contributed by atoms with Crippen LogP contribution in [0.15, 0.2) is 85.2 Å². The van der Waals surface area contributed by atoms with E-state index < -0.39 is 0 Å². The minimum Gasteiger partial charge on any atom is -0.457 e. The summed E-state index contributed by atoms with van der Waals surface area (Å²) in [5.41, 5.74) is 9.53. The van der Waals surface area contributed by atoms with Gasteiger partial charge in [0.1, 0.15) is 28.9 Å². The van der Waals surface area contributed by atoms with Gasteiger partial charge in [-0.15, -0.1) is 0 Å². The van der Waals surface area contributed by atoms with Crippen LogP contribution in [-0.2, 0) is 0 Å². The van der Waals surface area contributed by atoms with Crippen molar-refractivity contribution in [1.82, 2.24) is 9.97 Å². The molecule has 0 saturated heterocycles. The molecule has 134 valence electrons. The first-order valence-electron chi connectivity index (χ1n) is 8.69. The number of para-hydroxylation sites is 1. The third-order valence-corrected chi connectivity index (χ3v) is 4.26. The van der Waals surface area contributed by atoms with E-state index in [0.717, 1.165) is 16.9 Å². The van der Waals surface area contributed by atoms with Crippen molar-refractivity contribution in [2.45, 2.75) is 0 Å². The minimum atomic E-state index is 0.196. The molecule has 0 atom stereocenters. The lowest BCUT2D eigenvalue weighted by atomic mass is 9.98. The van der Waals surface area contributed by atoms with Crippen LogP contribution in [-0.4, -0.2) is 9.97 Å². The van der Waals surface area contributed by atoms with Gasteiger partial charge in [-0.3, -0.25) is 4.98 Å². The average molecular weight is 364 g/mol. The zero-order valence-electron chi connectivity index (χ0n) is 14.9. The van der Waals surface area contributed by atoms with E-state index in [1.807, 2.05) is 72.8 Å². The maximum Gasteiger partial charge on any atom is 0.142 e. The van der Waals surface area contributed by atoms with Crippen molar-refractivity contribution in [1.29, 1.82) is 5.26 Å². The van der Waals surface area contributed by atoms with Crippen LogP contribution in [0.4, 0.5) is 5.82 Å². The van der Waals surface area contributed by atoms with Gasteiger partial charge in [0, 0.05) is 23.5 Å². The fourth-order valence-corrected chi connectivity index (χ4v) is 2.93. The molecule has 0 aliphatic rings. The van der Waals surface area contributed by atoms with Crippen molar-refractivity contribution in [2.24, 2.45) is 0 Å². The molecule has 0 spiro atoms. The van der Waals surface area contributed by atoms with Crippen LogP contribution in [0.1, 0.15) is 5.56 Å². The Labute approximate surface area is 162 Å². The van der Waals surface area contributed by atoms with Gasteiger partial charge in [-0.05, 0) is 48.0 Å². The van der Waals surface area contributed by atoms with Crippen LogP contribution in [0.2, 0.25) is 0 Å². The molecule has 0 unspecified atom stereocenters. The monoisotopic (exact) mass is 364 g/mol. The molecule has 0 aliphatic carbocycles. The number of benzene rings is 2. The maximum absolute atomic E-state index is 9.62. The summed E-state index contributed by atoms with van der Waals surface area (Å²) in [4.78, 5) is 8.42. The quantitative estimate of drug-likeness (QED) is 0.547. The van der Waals surface area contributed by atoms with Gasteiger partial charge in [0.2, 0.25) is 0 Å². The third-order valence-electron chi connectivity index (χ3n) is 4.26. The van der Waals surface area contributed by atoms with Gasteiger partial charge < -0.3 is 10.5 Å². The summed E-state index contributed by atoms with van der Waals surface area (Å²) in [6.07, 6.45) is 3.39. The molecule has 0 bridgehead atoms. The molecule has 5 nitrogen and oxygen atoms in total. The summed E-state index contributed by atoms with van der Waals surface area (Å²) >= 11 is 0. The molecule has 4 aromatic rings. The number of hydrogen-bond donors (Lipinski definition) is 1. The molecule has 28 heavy (non-hydrogen) atoms. The number of anilines is 1. The Morgan fingerprint density at radius 2 is 1.57 bits per heavy atom. The first-order valence-corrected chi connectivity index (χ1v) is 8.69. The molecule has 0 fully saturated rings. The van der Waals surface area contributed by atoms with Gasteiger partial charge in [0.05, 0.1) is 5.69 Å².